The summed E-state index contributed by atoms with van der Waals surface area (Å²) in [6.45, 7) is 2.13. The summed E-state index contributed by atoms with van der Waals surface area (Å²) in [5.41, 5.74) is 1.25. The van der Waals surface area contributed by atoms with Crippen molar-refractivity contribution in [2.24, 2.45) is 5.92 Å². The number of hydrogen-bond donors (Lipinski definition) is 2. The van der Waals surface area contributed by atoms with Crippen LogP contribution in [0.25, 0.3) is 10.9 Å². The Morgan fingerprint density at radius 1 is 1.12 bits per heavy atom. The number of para-hydroxylation sites is 1. The van der Waals surface area contributed by atoms with Crippen LogP contribution in [0.2, 0.25) is 5.02 Å². The van der Waals surface area contributed by atoms with E-state index >= 15 is 0 Å². The first-order chi connectivity index (χ1) is 15.8. The van der Waals surface area contributed by atoms with Gasteiger partial charge in [0.25, 0.3) is 5.91 Å². The summed E-state index contributed by atoms with van der Waals surface area (Å²) in [5, 5.41) is 7.53. The highest BCUT2D eigenvalue weighted by atomic mass is 35.5. The van der Waals surface area contributed by atoms with Gasteiger partial charge in [-0.15, -0.1) is 0 Å². The number of anilines is 2. The van der Waals surface area contributed by atoms with Crippen LogP contribution in [0.4, 0.5) is 16.2 Å². The first kappa shape index (κ1) is 23.2. The number of carbonyl (C=O) groups is 1. The standard InChI is InChI=1S/C25H29ClFN5O/c1-15-8-13-19(26)21(22(15)27)24(33)28-14-16-9-11-17(12-10-16)29-25-30-20-7-5-4-6-18(20)23(31-25)32(2)3/h4-8,13,16-17H,9-12,14H2,1-3H3,(H,28,33)(H,29,30,31). The summed E-state index contributed by atoms with van der Waals surface area (Å²) in [5.74, 6) is 0.858. The van der Waals surface area contributed by atoms with Crippen molar-refractivity contribution in [3.8, 4) is 0 Å². The minimum Gasteiger partial charge on any atom is -0.362 e. The van der Waals surface area contributed by atoms with Crippen LogP contribution in [0.5, 0.6) is 0 Å². The fourth-order valence-electron chi connectivity index (χ4n) is 4.35. The second-order valence-corrected chi connectivity index (χ2v) is 9.31. The van der Waals surface area contributed by atoms with Crippen molar-refractivity contribution >= 4 is 40.2 Å². The highest BCUT2D eigenvalue weighted by molar-refractivity contribution is 6.33. The molecule has 0 aliphatic heterocycles. The Morgan fingerprint density at radius 2 is 1.85 bits per heavy atom. The first-order valence-electron chi connectivity index (χ1n) is 11.3. The van der Waals surface area contributed by atoms with Gasteiger partial charge in [0.2, 0.25) is 5.95 Å². The van der Waals surface area contributed by atoms with Crippen LogP contribution in [0.3, 0.4) is 0 Å². The normalized spacial score (nSPS) is 18.2. The number of nitrogens with one attached hydrogen (secondary N) is 2. The highest BCUT2D eigenvalue weighted by Crippen LogP contribution is 2.28. The molecule has 6 nitrogen and oxygen atoms in total. The maximum absolute atomic E-state index is 14.3. The van der Waals surface area contributed by atoms with Gasteiger partial charge >= 0.3 is 0 Å². The predicted octanol–water partition coefficient (Wildman–Crippen LogP) is 5.20. The number of amides is 1. The molecule has 33 heavy (non-hydrogen) atoms. The average molecular weight is 470 g/mol. The monoisotopic (exact) mass is 469 g/mol. The van der Waals surface area contributed by atoms with E-state index < -0.39 is 11.7 Å². The lowest BCUT2D eigenvalue weighted by atomic mass is 9.86. The van der Waals surface area contributed by atoms with Crippen LogP contribution in [-0.2, 0) is 0 Å². The summed E-state index contributed by atoms with van der Waals surface area (Å²) in [7, 11) is 3.96. The van der Waals surface area contributed by atoms with Crippen LogP contribution in [-0.4, -0.2) is 42.6 Å². The topological polar surface area (TPSA) is 70.2 Å². The molecule has 1 heterocycles. The van der Waals surface area contributed by atoms with Crippen molar-refractivity contribution in [3.05, 3.63) is 58.4 Å². The molecule has 1 saturated carbocycles. The lowest BCUT2D eigenvalue weighted by Crippen LogP contribution is -2.34. The molecular formula is C25H29ClFN5O. The third kappa shape index (κ3) is 5.19. The van der Waals surface area contributed by atoms with Gasteiger partial charge in [-0.3, -0.25) is 4.79 Å². The second-order valence-electron chi connectivity index (χ2n) is 8.91. The first-order valence-corrected chi connectivity index (χ1v) is 11.6. The summed E-state index contributed by atoms with van der Waals surface area (Å²) >= 11 is 6.06. The van der Waals surface area contributed by atoms with E-state index in [-0.39, 0.29) is 16.6 Å². The number of carbonyl (C=O) groups excluding carboxylic acids is 1. The molecule has 3 aromatic rings. The lowest BCUT2D eigenvalue weighted by molar-refractivity contribution is 0.0939. The van der Waals surface area contributed by atoms with Gasteiger partial charge in [0.05, 0.1) is 16.1 Å². The van der Waals surface area contributed by atoms with Crippen LogP contribution in [0, 0.1) is 18.7 Å². The van der Waals surface area contributed by atoms with E-state index in [1.807, 2.05) is 43.3 Å². The molecule has 8 heteroatoms. The van der Waals surface area contributed by atoms with Crippen molar-refractivity contribution in [1.29, 1.82) is 0 Å². The van der Waals surface area contributed by atoms with E-state index in [1.54, 1.807) is 19.1 Å². The molecule has 0 spiro atoms. The lowest BCUT2D eigenvalue weighted by Gasteiger charge is -2.29. The van der Waals surface area contributed by atoms with Crippen LogP contribution in [0.15, 0.2) is 36.4 Å². The van der Waals surface area contributed by atoms with Gasteiger partial charge in [-0.05, 0) is 62.3 Å². The summed E-state index contributed by atoms with van der Waals surface area (Å²) in [6, 6.07) is 11.4. The van der Waals surface area contributed by atoms with Crippen molar-refractivity contribution in [2.75, 3.05) is 30.9 Å². The Labute approximate surface area is 198 Å². The van der Waals surface area contributed by atoms with Crippen LogP contribution < -0.4 is 15.5 Å². The molecule has 0 bridgehead atoms. The minimum absolute atomic E-state index is 0.0721. The molecule has 0 atom stereocenters. The number of aromatic nitrogens is 2. The van der Waals surface area contributed by atoms with Gasteiger partial charge in [0.1, 0.15) is 11.6 Å². The number of hydrogen-bond acceptors (Lipinski definition) is 5. The van der Waals surface area contributed by atoms with Gasteiger partial charge in [0.15, 0.2) is 0 Å². The summed E-state index contributed by atoms with van der Waals surface area (Å²) in [4.78, 5) is 23.9. The van der Waals surface area contributed by atoms with Gasteiger partial charge in [-0.25, -0.2) is 9.37 Å². The van der Waals surface area contributed by atoms with E-state index in [1.165, 1.54) is 0 Å². The third-order valence-electron chi connectivity index (χ3n) is 6.25. The Balaban J connectivity index is 1.34. The second kappa shape index (κ2) is 9.91. The third-order valence-corrected chi connectivity index (χ3v) is 6.56. The fraction of sp³-hybridized carbons (Fsp3) is 0.400. The maximum Gasteiger partial charge on any atom is 0.255 e. The van der Waals surface area contributed by atoms with Gasteiger partial charge in [-0.2, -0.15) is 4.98 Å². The maximum atomic E-state index is 14.3. The van der Waals surface area contributed by atoms with Crippen molar-refractivity contribution in [1.82, 2.24) is 15.3 Å². The number of nitrogens with zero attached hydrogens (tertiary/aromatic N) is 3. The van der Waals surface area contributed by atoms with Crippen molar-refractivity contribution < 1.29 is 9.18 Å². The Kier molecular flexibility index (Phi) is 6.98. The molecule has 1 fully saturated rings. The summed E-state index contributed by atoms with van der Waals surface area (Å²) < 4.78 is 14.3. The number of benzene rings is 2. The van der Waals surface area contributed by atoms with E-state index in [2.05, 4.69) is 10.6 Å². The zero-order valence-electron chi connectivity index (χ0n) is 19.2. The molecular weight excluding hydrogens is 441 g/mol. The van der Waals surface area contributed by atoms with Crippen LogP contribution in [0.1, 0.15) is 41.6 Å². The molecule has 4 rings (SSSR count). The van der Waals surface area contributed by atoms with E-state index in [9.17, 15) is 9.18 Å². The molecule has 1 aliphatic rings. The average Bonchev–Trinajstić information content (AvgIpc) is 2.80. The predicted molar refractivity (Wildman–Crippen MR) is 132 cm³/mol. The molecule has 174 valence electrons. The largest absolute Gasteiger partial charge is 0.362 e. The number of fused-ring (bicyclic) bond motifs is 1. The minimum atomic E-state index is -0.555. The molecule has 1 aliphatic carbocycles. The number of aryl methyl sites for hydroxylation is 1. The molecule has 0 radical (unpaired) electrons. The molecule has 0 saturated heterocycles. The summed E-state index contributed by atoms with van der Waals surface area (Å²) in [6.07, 6.45) is 3.81. The SMILES string of the molecule is Cc1ccc(Cl)c(C(=O)NCC2CCC(Nc3nc(N(C)C)c4ccccc4n3)CC2)c1F. The molecule has 1 amide bonds. The van der Waals surface area contributed by atoms with Crippen molar-refractivity contribution in [2.45, 2.75) is 38.6 Å². The van der Waals surface area contributed by atoms with E-state index in [4.69, 9.17) is 21.6 Å². The fourth-order valence-corrected chi connectivity index (χ4v) is 4.58. The molecule has 1 aromatic heterocycles. The van der Waals surface area contributed by atoms with Gasteiger partial charge in [-0.1, -0.05) is 29.8 Å². The highest BCUT2D eigenvalue weighted by Gasteiger charge is 2.24. The molecule has 2 aromatic carbocycles. The Hall–Kier alpha value is -2.93. The van der Waals surface area contributed by atoms with E-state index in [0.29, 0.717) is 24.0 Å². The number of halogens is 2. The van der Waals surface area contributed by atoms with Crippen molar-refractivity contribution in [3.63, 3.8) is 0 Å². The van der Waals surface area contributed by atoms with Gasteiger partial charge < -0.3 is 15.5 Å². The zero-order chi connectivity index (χ0) is 23.5. The quantitative estimate of drug-likeness (QED) is 0.519. The smallest absolute Gasteiger partial charge is 0.255 e. The Bertz CT molecular complexity index is 1160. The molecule has 0 unspecified atom stereocenters. The number of rotatable bonds is 6. The van der Waals surface area contributed by atoms with Gasteiger partial charge in [0, 0.05) is 32.1 Å². The zero-order valence-corrected chi connectivity index (χ0v) is 19.9. The van der Waals surface area contributed by atoms with E-state index in [0.717, 1.165) is 42.4 Å². The molecule has 2 N–H and O–H groups in total. The Morgan fingerprint density at radius 3 is 2.58 bits per heavy atom. The van der Waals surface area contributed by atoms with Crippen LogP contribution >= 0.6 is 11.6 Å².